The molecule has 5 heteroatoms. The molecule has 2 unspecified atom stereocenters. The normalized spacial score (nSPS) is 23.7. The molecule has 1 fully saturated rings. The number of likely N-dealkylation sites (tertiary alicyclic amines) is 1. The summed E-state index contributed by atoms with van der Waals surface area (Å²) < 4.78 is 5.10. The Hall–Kier alpha value is -0.810. The molecule has 0 saturated carbocycles. The van der Waals surface area contributed by atoms with Crippen molar-refractivity contribution in [2.45, 2.75) is 45.6 Å². The molecule has 18 heavy (non-hydrogen) atoms. The predicted molar refractivity (Wildman–Crippen MR) is 75.3 cm³/mol. The Morgan fingerprint density at radius 1 is 1.50 bits per heavy atom. The number of nitrogens with one attached hydrogen (secondary N) is 1. The highest BCUT2D eigenvalue weighted by Crippen LogP contribution is 2.20. The zero-order valence-corrected chi connectivity index (χ0v) is 12.0. The van der Waals surface area contributed by atoms with Gasteiger partial charge < -0.3 is 9.64 Å². The van der Waals surface area contributed by atoms with Gasteiger partial charge in [0, 0.05) is 20.2 Å². The summed E-state index contributed by atoms with van der Waals surface area (Å²) in [6, 6.07) is 0.131. The average Bonchev–Trinajstić information content (AvgIpc) is 2.61. The number of hydrogen-bond acceptors (Lipinski definition) is 3. The van der Waals surface area contributed by atoms with Gasteiger partial charge in [-0.05, 0) is 32.1 Å². The maximum atomic E-state index is 5.60. The number of nitrogens with zero attached hydrogens (tertiary/aromatic N) is 2. The van der Waals surface area contributed by atoms with Crippen molar-refractivity contribution in [2.75, 3.05) is 26.8 Å². The second-order valence-corrected chi connectivity index (χ2v) is 5.09. The van der Waals surface area contributed by atoms with Crippen LogP contribution in [0.1, 0.15) is 39.5 Å². The van der Waals surface area contributed by atoms with Gasteiger partial charge in [0.2, 0.25) is 5.96 Å². The molecule has 3 N–H and O–H groups in total. The minimum Gasteiger partial charge on any atom is -0.382 e. The van der Waals surface area contributed by atoms with E-state index in [0.29, 0.717) is 6.61 Å². The highest BCUT2D eigenvalue weighted by Gasteiger charge is 2.18. The van der Waals surface area contributed by atoms with E-state index in [1.165, 1.54) is 25.7 Å². The molecule has 0 radical (unpaired) electrons. The van der Waals surface area contributed by atoms with Crippen LogP contribution in [0.3, 0.4) is 0 Å². The standard InChI is InChI=1S/C13H28N4O/c1-4-12-6-5-8-17(9-7-12)13(16-14)15-11(2)10-18-3/h11-12H,4-10,14H2,1-3H3,(H,15,16). The van der Waals surface area contributed by atoms with Crippen LogP contribution in [-0.2, 0) is 4.74 Å². The van der Waals surface area contributed by atoms with Gasteiger partial charge in [-0.15, -0.1) is 0 Å². The lowest BCUT2D eigenvalue weighted by molar-refractivity contribution is 0.185. The molecule has 1 aliphatic heterocycles. The van der Waals surface area contributed by atoms with Crippen molar-refractivity contribution in [3.8, 4) is 0 Å². The maximum Gasteiger partial charge on any atom is 0.208 e. The van der Waals surface area contributed by atoms with Crippen molar-refractivity contribution in [3.63, 3.8) is 0 Å². The second-order valence-electron chi connectivity index (χ2n) is 5.09. The molecule has 0 spiro atoms. The summed E-state index contributed by atoms with van der Waals surface area (Å²) >= 11 is 0. The third-order valence-electron chi connectivity index (χ3n) is 3.60. The molecule has 5 nitrogen and oxygen atoms in total. The number of hydrazine groups is 1. The van der Waals surface area contributed by atoms with Crippen LogP contribution in [0.4, 0.5) is 0 Å². The summed E-state index contributed by atoms with van der Waals surface area (Å²) in [7, 11) is 1.69. The van der Waals surface area contributed by atoms with Gasteiger partial charge in [-0.1, -0.05) is 13.3 Å². The minimum atomic E-state index is 0.131. The van der Waals surface area contributed by atoms with Crippen LogP contribution in [0.15, 0.2) is 4.99 Å². The van der Waals surface area contributed by atoms with E-state index >= 15 is 0 Å². The van der Waals surface area contributed by atoms with Gasteiger partial charge in [-0.25, -0.2) is 10.8 Å². The number of guanidine groups is 1. The average molecular weight is 256 g/mol. The Kier molecular flexibility index (Phi) is 7.05. The molecule has 0 aromatic carbocycles. The predicted octanol–water partition coefficient (Wildman–Crippen LogP) is 1.35. The maximum absolute atomic E-state index is 5.60. The lowest BCUT2D eigenvalue weighted by atomic mass is 9.98. The molecule has 0 amide bonds. The summed E-state index contributed by atoms with van der Waals surface area (Å²) in [5.41, 5.74) is 2.74. The van der Waals surface area contributed by atoms with Crippen molar-refractivity contribution in [2.24, 2.45) is 16.8 Å². The third kappa shape index (κ3) is 4.82. The van der Waals surface area contributed by atoms with Crippen molar-refractivity contribution >= 4 is 5.96 Å². The number of ether oxygens (including phenoxy) is 1. The van der Waals surface area contributed by atoms with Crippen molar-refractivity contribution < 1.29 is 4.74 Å². The van der Waals surface area contributed by atoms with Crippen LogP contribution in [0.2, 0.25) is 0 Å². The first-order chi connectivity index (χ1) is 8.71. The number of nitrogens with two attached hydrogens (primary N) is 1. The molecule has 0 bridgehead atoms. The van der Waals surface area contributed by atoms with Gasteiger partial charge in [0.05, 0.1) is 12.6 Å². The van der Waals surface area contributed by atoms with Gasteiger partial charge in [0.25, 0.3) is 0 Å². The van der Waals surface area contributed by atoms with Crippen LogP contribution < -0.4 is 11.3 Å². The lowest BCUT2D eigenvalue weighted by Gasteiger charge is -2.24. The summed E-state index contributed by atoms with van der Waals surface area (Å²) in [5.74, 6) is 7.26. The first-order valence-corrected chi connectivity index (χ1v) is 6.99. The Morgan fingerprint density at radius 2 is 2.28 bits per heavy atom. The van der Waals surface area contributed by atoms with E-state index < -0.39 is 0 Å². The fourth-order valence-corrected chi connectivity index (χ4v) is 2.48. The van der Waals surface area contributed by atoms with E-state index in [4.69, 9.17) is 10.6 Å². The summed E-state index contributed by atoms with van der Waals surface area (Å²) in [6.45, 7) is 7.02. The van der Waals surface area contributed by atoms with Gasteiger partial charge >= 0.3 is 0 Å². The third-order valence-corrected chi connectivity index (χ3v) is 3.60. The summed E-state index contributed by atoms with van der Waals surface area (Å²) in [6.07, 6.45) is 5.04. The molecule has 0 aromatic heterocycles. The van der Waals surface area contributed by atoms with E-state index in [0.717, 1.165) is 25.0 Å². The molecule has 1 aliphatic rings. The van der Waals surface area contributed by atoms with Crippen LogP contribution in [-0.4, -0.2) is 43.7 Å². The number of aliphatic imine (C=N–C) groups is 1. The zero-order chi connectivity index (χ0) is 13.4. The zero-order valence-electron chi connectivity index (χ0n) is 12.0. The minimum absolute atomic E-state index is 0.131. The van der Waals surface area contributed by atoms with E-state index in [9.17, 15) is 0 Å². The molecule has 0 aromatic rings. The molecule has 1 saturated heterocycles. The van der Waals surface area contributed by atoms with Gasteiger partial charge in [0.1, 0.15) is 0 Å². The largest absolute Gasteiger partial charge is 0.382 e. The molecular weight excluding hydrogens is 228 g/mol. The number of methoxy groups -OCH3 is 1. The van der Waals surface area contributed by atoms with Gasteiger partial charge in [-0.2, -0.15) is 0 Å². The SMILES string of the molecule is CCC1CCCN(C(=NC(C)COC)NN)CC1. The number of rotatable bonds is 4. The molecule has 0 aliphatic carbocycles. The first-order valence-electron chi connectivity index (χ1n) is 6.99. The van der Waals surface area contributed by atoms with Crippen LogP contribution >= 0.6 is 0 Å². The lowest BCUT2D eigenvalue weighted by Crippen LogP contribution is -2.46. The van der Waals surface area contributed by atoms with Crippen LogP contribution in [0, 0.1) is 5.92 Å². The van der Waals surface area contributed by atoms with Crippen LogP contribution in [0.25, 0.3) is 0 Å². The van der Waals surface area contributed by atoms with E-state index in [-0.39, 0.29) is 6.04 Å². The monoisotopic (exact) mass is 256 g/mol. The summed E-state index contributed by atoms with van der Waals surface area (Å²) in [5, 5.41) is 0. The van der Waals surface area contributed by atoms with Gasteiger partial charge in [0.15, 0.2) is 0 Å². The van der Waals surface area contributed by atoms with Gasteiger partial charge in [-0.3, -0.25) is 5.43 Å². The fourth-order valence-electron chi connectivity index (χ4n) is 2.48. The smallest absolute Gasteiger partial charge is 0.208 e. The number of hydrogen-bond donors (Lipinski definition) is 2. The molecular formula is C13H28N4O. The van der Waals surface area contributed by atoms with Crippen LogP contribution in [0.5, 0.6) is 0 Å². The molecule has 1 heterocycles. The Balaban J connectivity index is 2.58. The first kappa shape index (κ1) is 15.2. The molecule has 1 rings (SSSR count). The summed E-state index contributed by atoms with van der Waals surface area (Å²) in [4.78, 5) is 6.85. The Labute approximate surface area is 111 Å². The van der Waals surface area contributed by atoms with Crippen molar-refractivity contribution in [3.05, 3.63) is 0 Å². The Morgan fingerprint density at radius 3 is 2.89 bits per heavy atom. The quantitative estimate of drug-likeness (QED) is 0.345. The Bertz CT molecular complexity index is 257. The highest BCUT2D eigenvalue weighted by molar-refractivity contribution is 5.79. The van der Waals surface area contributed by atoms with E-state index in [2.05, 4.69) is 22.2 Å². The molecule has 106 valence electrons. The van der Waals surface area contributed by atoms with E-state index in [1.54, 1.807) is 7.11 Å². The van der Waals surface area contributed by atoms with Crippen molar-refractivity contribution in [1.82, 2.24) is 10.3 Å². The van der Waals surface area contributed by atoms with E-state index in [1.807, 2.05) is 6.92 Å². The van der Waals surface area contributed by atoms with Crippen molar-refractivity contribution in [1.29, 1.82) is 0 Å². The highest BCUT2D eigenvalue weighted by atomic mass is 16.5. The topological polar surface area (TPSA) is 62.9 Å². The fraction of sp³-hybridized carbons (Fsp3) is 0.923. The molecule has 2 atom stereocenters. The second kappa shape index (κ2) is 8.32.